The Kier molecular flexibility index (Phi) is 7.16. The van der Waals surface area contributed by atoms with Crippen molar-refractivity contribution in [1.82, 2.24) is 15.0 Å². The Morgan fingerprint density at radius 2 is 0.981 bits per heavy atom. The van der Waals surface area contributed by atoms with Crippen molar-refractivity contribution >= 4 is 21.7 Å². The molecular weight excluding hydrogens is 643 g/mol. The van der Waals surface area contributed by atoms with Gasteiger partial charge in [-0.05, 0) is 80.6 Å². The molecule has 10 rings (SSSR count). The molecule has 0 saturated heterocycles. The number of benzene rings is 7. The van der Waals surface area contributed by atoms with Crippen molar-refractivity contribution in [3.63, 3.8) is 0 Å². The van der Waals surface area contributed by atoms with Crippen LogP contribution in [-0.2, 0) is 5.41 Å². The summed E-state index contributed by atoms with van der Waals surface area (Å²) in [6.07, 6.45) is 0. The van der Waals surface area contributed by atoms with E-state index in [1.54, 1.807) is 0 Å². The maximum atomic E-state index is 5.39. The zero-order chi connectivity index (χ0) is 35.5. The highest BCUT2D eigenvalue weighted by atomic mass is 14.9. The van der Waals surface area contributed by atoms with Crippen molar-refractivity contribution in [2.24, 2.45) is 0 Å². The molecule has 0 atom stereocenters. The molecule has 9 aromatic rings. The third-order valence-corrected chi connectivity index (χ3v) is 10.9. The number of hydrogen-bond donors (Lipinski definition) is 0. The minimum atomic E-state index is -0.127. The molecule has 53 heavy (non-hydrogen) atoms. The van der Waals surface area contributed by atoms with Gasteiger partial charge in [0, 0.05) is 33.1 Å². The smallest absolute Gasteiger partial charge is 0.160 e. The highest BCUT2D eigenvalue weighted by Crippen LogP contribution is 2.50. The van der Waals surface area contributed by atoms with Gasteiger partial charge in [0.05, 0.1) is 22.6 Å². The Bertz CT molecular complexity index is 2800. The lowest BCUT2D eigenvalue weighted by Crippen LogP contribution is -2.14. The normalized spacial score (nSPS) is 12.9. The van der Waals surface area contributed by atoms with E-state index in [1.165, 1.54) is 33.0 Å². The topological polar surface area (TPSA) is 38.7 Å². The van der Waals surface area contributed by atoms with Crippen molar-refractivity contribution in [3.05, 3.63) is 187 Å². The van der Waals surface area contributed by atoms with E-state index in [2.05, 4.69) is 178 Å². The molecule has 2 aromatic heterocycles. The molecule has 0 saturated carbocycles. The Labute approximate surface area is 309 Å². The molecule has 1 aliphatic rings. The van der Waals surface area contributed by atoms with Crippen LogP contribution in [0.2, 0.25) is 0 Å². The first kappa shape index (κ1) is 31.1. The van der Waals surface area contributed by atoms with Crippen LogP contribution in [0, 0.1) is 0 Å². The first-order valence-corrected chi connectivity index (χ1v) is 18.2. The van der Waals surface area contributed by atoms with Crippen molar-refractivity contribution in [1.29, 1.82) is 0 Å². The fraction of sp³-hybridized carbons (Fsp3) is 0.0600. The molecule has 7 aromatic carbocycles. The third kappa shape index (κ3) is 5.32. The molecule has 0 fully saturated rings. The number of fused-ring (bicyclic) bond motifs is 5. The molecule has 0 unspecified atom stereocenters. The monoisotopic (exact) mass is 677 g/mol. The van der Waals surface area contributed by atoms with Gasteiger partial charge in [-0.25, -0.2) is 15.0 Å². The summed E-state index contributed by atoms with van der Waals surface area (Å²) in [6, 6.07) is 62.4. The number of pyridine rings is 1. The molecule has 0 spiro atoms. The molecule has 0 radical (unpaired) electrons. The average molecular weight is 678 g/mol. The predicted molar refractivity (Wildman–Crippen MR) is 220 cm³/mol. The minimum absolute atomic E-state index is 0.127. The zero-order valence-electron chi connectivity index (χ0n) is 29.6. The van der Waals surface area contributed by atoms with Gasteiger partial charge in [0.25, 0.3) is 0 Å². The third-order valence-electron chi connectivity index (χ3n) is 10.9. The fourth-order valence-corrected chi connectivity index (χ4v) is 8.07. The van der Waals surface area contributed by atoms with Gasteiger partial charge in [-0.2, -0.15) is 0 Å². The summed E-state index contributed by atoms with van der Waals surface area (Å²) >= 11 is 0. The van der Waals surface area contributed by atoms with Gasteiger partial charge in [0.15, 0.2) is 5.82 Å². The van der Waals surface area contributed by atoms with Crippen molar-refractivity contribution in [3.8, 4) is 67.4 Å². The number of hydrogen-bond acceptors (Lipinski definition) is 3. The van der Waals surface area contributed by atoms with E-state index in [-0.39, 0.29) is 5.41 Å². The van der Waals surface area contributed by atoms with Crippen LogP contribution in [0.4, 0.5) is 0 Å². The number of nitrogens with zero attached hydrogens (tertiary/aromatic N) is 3. The lowest BCUT2D eigenvalue weighted by molar-refractivity contribution is 0.661. The van der Waals surface area contributed by atoms with Gasteiger partial charge in [-0.3, -0.25) is 0 Å². The zero-order valence-corrected chi connectivity index (χ0v) is 29.6. The van der Waals surface area contributed by atoms with E-state index in [4.69, 9.17) is 15.0 Å². The van der Waals surface area contributed by atoms with Crippen LogP contribution in [0.15, 0.2) is 176 Å². The van der Waals surface area contributed by atoms with Gasteiger partial charge < -0.3 is 0 Å². The molecule has 3 heteroatoms. The second-order valence-electron chi connectivity index (χ2n) is 14.5. The SMILES string of the molecule is CC1(C)c2ccccc2-c2cc3c(-c4cccc(-c5nc(-c6ccccc6)cc(-c6ccccc6)n5)c4)cc(-c4ccc5ccccc5c4)nc3cc21. The van der Waals surface area contributed by atoms with Crippen LogP contribution >= 0.6 is 0 Å². The van der Waals surface area contributed by atoms with Crippen LogP contribution in [0.25, 0.3) is 89.1 Å². The molecule has 0 N–H and O–H groups in total. The Morgan fingerprint density at radius 1 is 0.358 bits per heavy atom. The van der Waals surface area contributed by atoms with Crippen molar-refractivity contribution in [2.75, 3.05) is 0 Å². The second-order valence-corrected chi connectivity index (χ2v) is 14.5. The summed E-state index contributed by atoms with van der Waals surface area (Å²) in [5.41, 5.74) is 15.2. The van der Waals surface area contributed by atoms with Crippen molar-refractivity contribution in [2.45, 2.75) is 19.3 Å². The van der Waals surface area contributed by atoms with Gasteiger partial charge in [0.1, 0.15) is 0 Å². The predicted octanol–water partition coefficient (Wildman–Crippen LogP) is 12.8. The maximum absolute atomic E-state index is 5.39. The summed E-state index contributed by atoms with van der Waals surface area (Å²) in [7, 11) is 0. The quantitative estimate of drug-likeness (QED) is 0.182. The van der Waals surface area contributed by atoms with Crippen LogP contribution in [-0.4, -0.2) is 15.0 Å². The van der Waals surface area contributed by atoms with Gasteiger partial charge >= 0.3 is 0 Å². The van der Waals surface area contributed by atoms with Crippen molar-refractivity contribution < 1.29 is 0 Å². The highest BCUT2D eigenvalue weighted by Gasteiger charge is 2.35. The first-order valence-electron chi connectivity index (χ1n) is 18.2. The van der Waals surface area contributed by atoms with E-state index in [0.717, 1.165) is 61.4 Å². The molecule has 3 nitrogen and oxygen atoms in total. The van der Waals surface area contributed by atoms with E-state index in [1.807, 2.05) is 12.1 Å². The molecule has 0 amide bonds. The fourth-order valence-electron chi connectivity index (χ4n) is 8.07. The second kappa shape index (κ2) is 12.2. The standard InChI is InChI=1S/C50H35N3/c1-50(2)43-23-12-11-22-39(43)41-28-42-40(29-45(51-48(42)30-44(41)50)37-25-24-32-14-9-10-19-35(32)26-37)36-20-13-21-38(27-36)49-52-46(33-15-5-3-6-16-33)31-47(53-49)34-17-7-4-8-18-34/h3-31H,1-2H3. The van der Waals surface area contributed by atoms with Crippen LogP contribution in [0.3, 0.4) is 0 Å². The summed E-state index contributed by atoms with van der Waals surface area (Å²) in [4.78, 5) is 15.7. The van der Waals surface area contributed by atoms with E-state index in [0.29, 0.717) is 5.82 Å². The summed E-state index contributed by atoms with van der Waals surface area (Å²) in [5, 5.41) is 3.54. The van der Waals surface area contributed by atoms with Crippen LogP contribution < -0.4 is 0 Å². The highest BCUT2D eigenvalue weighted by molar-refractivity contribution is 6.02. The summed E-state index contributed by atoms with van der Waals surface area (Å²) in [5.74, 6) is 0.691. The lowest BCUT2D eigenvalue weighted by Gasteiger charge is -2.22. The Morgan fingerprint density at radius 3 is 1.74 bits per heavy atom. The molecule has 0 bridgehead atoms. The lowest BCUT2D eigenvalue weighted by atomic mass is 9.82. The van der Waals surface area contributed by atoms with Gasteiger partial charge in [-0.15, -0.1) is 0 Å². The van der Waals surface area contributed by atoms with E-state index in [9.17, 15) is 0 Å². The average Bonchev–Trinajstić information content (AvgIpc) is 3.45. The van der Waals surface area contributed by atoms with E-state index >= 15 is 0 Å². The Hall–Kier alpha value is -6.71. The summed E-state index contributed by atoms with van der Waals surface area (Å²) in [6.45, 7) is 4.66. The van der Waals surface area contributed by atoms with Gasteiger partial charge in [-0.1, -0.05) is 153 Å². The minimum Gasteiger partial charge on any atom is -0.248 e. The molecule has 250 valence electrons. The van der Waals surface area contributed by atoms with Gasteiger partial charge in [0.2, 0.25) is 0 Å². The molecule has 2 heterocycles. The van der Waals surface area contributed by atoms with Crippen LogP contribution in [0.1, 0.15) is 25.0 Å². The molecule has 1 aliphatic carbocycles. The number of rotatable bonds is 5. The first-order chi connectivity index (χ1) is 26.0. The molecular formula is C50H35N3. The molecule has 0 aliphatic heterocycles. The van der Waals surface area contributed by atoms with Crippen LogP contribution in [0.5, 0.6) is 0 Å². The summed E-state index contributed by atoms with van der Waals surface area (Å²) < 4.78 is 0. The van der Waals surface area contributed by atoms with E-state index < -0.39 is 0 Å². The largest absolute Gasteiger partial charge is 0.248 e. The maximum Gasteiger partial charge on any atom is 0.160 e. The Balaban J connectivity index is 1.19. The number of aromatic nitrogens is 3.